The highest BCUT2D eigenvalue weighted by atomic mass is 19.4. The van der Waals surface area contributed by atoms with Gasteiger partial charge in [0.25, 0.3) is 0 Å². The van der Waals surface area contributed by atoms with Gasteiger partial charge in [0, 0.05) is 24.1 Å². The molecule has 2 rings (SSSR count). The fourth-order valence-electron chi connectivity index (χ4n) is 1.65. The van der Waals surface area contributed by atoms with Crippen molar-refractivity contribution in [3.05, 3.63) is 24.5 Å². The van der Waals surface area contributed by atoms with E-state index < -0.39 is 12.1 Å². The maximum Gasteiger partial charge on any atom is 0.490 e. The first-order valence-corrected chi connectivity index (χ1v) is 6.07. The summed E-state index contributed by atoms with van der Waals surface area (Å²) >= 11 is 0. The van der Waals surface area contributed by atoms with Crippen LogP contribution in [0.15, 0.2) is 24.5 Å². The van der Waals surface area contributed by atoms with E-state index in [1.165, 1.54) is 18.5 Å². The second kappa shape index (κ2) is 7.68. The van der Waals surface area contributed by atoms with E-state index in [1.807, 2.05) is 24.5 Å². The fraction of sp³-hybridized carbons (Fsp3) is 0.500. The van der Waals surface area contributed by atoms with Crippen molar-refractivity contribution in [2.75, 3.05) is 18.4 Å². The van der Waals surface area contributed by atoms with Gasteiger partial charge in [-0.05, 0) is 38.1 Å². The van der Waals surface area contributed by atoms with Crippen LogP contribution in [0.4, 0.5) is 18.9 Å². The maximum absolute atomic E-state index is 10.6. The van der Waals surface area contributed by atoms with Gasteiger partial charge in [-0.3, -0.25) is 4.98 Å². The van der Waals surface area contributed by atoms with E-state index in [4.69, 9.17) is 9.90 Å². The second-order valence-corrected chi connectivity index (χ2v) is 4.21. The van der Waals surface area contributed by atoms with Gasteiger partial charge >= 0.3 is 12.1 Å². The Balaban J connectivity index is 0.000000246. The number of rotatable bonds is 2. The summed E-state index contributed by atoms with van der Waals surface area (Å²) in [6.45, 7) is 2.26. The highest BCUT2D eigenvalue weighted by Crippen LogP contribution is 2.13. The molecular formula is C12H16F3N3O2. The Morgan fingerprint density at radius 2 is 1.80 bits per heavy atom. The van der Waals surface area contributed by atoms with E-state index in [2.05, 4.69) is 15.6 Å². The number of carboxylic acid groups (broad SMARTS) is 1. The lowest BCUT2D eigenvalue weighted by molar-refractivity contribution is -0.192. The predicted molar refractivity (Wildman–Crippen MR) is 67.4 cm³/mol. The normalized spacial score (nSPS) is 15.9. The number of pyridine rings is 1. The molecule has 0 saturated carbocycles. The molecule has 112 valence electrons. The number of piperidine rings is 1. The summed E-state index contributed by atoms with van der Waals surface area (Å²) in [5.41, 5.74) is 1.18. The summed E-state index contributed by atoms with van der Waals surface area (Å²) in [5.74, 6) is -2.76. The molecule has 1 aromatic heterocycles. The Bertz CT molecular complexity index is 406. The van der Waals surface area contributed by atoms with Crippen LogP contribution in [0.25, 0.3) is 0 Å². The van der Waals surface area contributed by atoms with Crippen LogP contribution in [0.3, 0.4) is 0 Å². The molecule has 8 heteroatoms. The molecule has 0 radical (unpaired) electrons. The number of carbonyl (C=O) groups is 1. The molecule has 20 heavy (non-hydrogen) atoms. The van der Waals surface area contributed by atoms with Crippen LogP contribution in [0, 0.1) is 0 Å². The van der Waals surface area contributed by atoms with Crippen molar-refractivity contribution in [1.29, 1.82) is 0 Å². The predicted octanol–water partition coefficient (Wildman–Crippen LogP) is 1.88. The summed E-state index contributed by atoms with van der Waals surface area (Å²) in [5, 5.41) is 14.0. The summed E-state index contributed by atoms with van der Waals surface area (Å²) in [6.07, 6.45) is 0.984. The highest BCUT2D eigenvalue weighted by Gasteiger charge is 2.38. The molecule has 3 N–H and O–H groups in total. The molecule has 1 saturated heterocycles. The average molecular weight is 291 g/mol. The molecule has 0 bridgehead atoms. The standard InChI is InChI=1S/C10H15N3.C2HF3O2/c1-5-11-6-2-9(1)13-10-3-7-12-8-4-10;3-2(4,5)1(6)7/h1-2,5-6,10,12H,3-4,7-8H2,(H,11,13);(H,6,7). The van der Waals surface area contributed by atoms with Gasteiger partial charge in [-0.15, -0.1) is 0 Å². The molecule has 0 aliphatic carbocycles. The van der Waals surface area contributed by atoms with Crippen molar-refractivity contribution in [2.24, 2.45) is 0 Å². The first-order valence-electron chi connectivity index (χ1n) is 6.07. The first kappa shape index (κ1) is 16.2. The van der Waals surface area contributed by atoms with Crippen molar-refractivity contribution in [3.63, 3.8) is 0 Å². The van der Waals surface area contributed by atoms with Gasteiger partial charge in [0.15, 0.2) is 0 Å². The van der Waals surface area contributed by atoms with Gasteiger partial charge in [0.05, 0.1) is 0 Å². The number of nitrogens with one attached hydrogen (secondary N) is 2. The zero-order chi connectivity index (χ0) is 15.0. The third-order valence-corrected chi connectivity index (χ3v) is 2.63. The van der Waals surface area contributed by atoms with Crippen LogP contribution >= 0.6 is 0 Å². The van der Waals surface area contributed by atoms with E-state index in [-0.39, 0.29) is 0 Å². The molecule has 0 atom stereocenters. The lowest BCUT2D eigenvalue weighted by Gasteiger charge is -2.24. The Morgan fingerprint density at radius 3 is 2.25 bits per heavy atom. The van der Waals surface area contributed by atoms with Crippen LogP contribution in [-0.4, -0.2) is 41.4 Å². The van der Waals surface area contributed by atoms with Crippen LogP contribution in [0.1, 0.15) is 12.8 Å². The third-order valence-electron chi connectivity index (χ3n) is 2.63. The van der Waals surface area contributed by atoms with E-state index in [0.29, 0.717) is 6.04 Å². The van der Waals surface area contributed by atoms with Crippen LogP contribution in [0.5, 0.6) is 0 Å². The lowest BCUT2D eigenvalue weighted by Crippen LogP contribution is -2.35. The molecule has 0 unspecified atom stereocenters. The first-order chi connectivity index (χ1) is 9.39. The highest BCUT2D eigenvalue weighted by molar-refractivity contribution is 5.73. The molecule has 1 aliphatic rings. The lowest BCUT2D eigenvalue weighted by atomic mass is 10.1. The summed E-state index contributed by atoms with van der Waals surface area (Å²) in [4.78, 5) is 12.9. The number of aromatic nitrogens is 1. The van der Waals surface area contributed by atoms with Gasteiger partial charge in [-0.2, -0.15) is 13.2 Å². The minimum absolute atomic E-state index is 0.628. The smallest absolute Gasteiger partial charge is 0.475 e. The van der Waals surface area contributed by atoms with Gasteiger partial charge in [-0.25, -0.2) is 4.79 Å². The van der Waals surface area contributed by atoms with E-state index in [0.717, 1.165) is 13.1 Å². The van der Waals surface area contributed by atoms with E-state index in [1.54, 1.807) is 0 Å². The maximum atomic E-state index is 10.6. The Kier molecular flexibility index (Phi) is 6.23. The molecule has 0 aromatic carbocycles. The third kappa shape index (κ3) is 6.37. The van der Waals surface area contributed by atoms with Gasteiger partial charge in [0.1, 0.15) is 0 Å². The monoisotopic (exact) mass is 291 g/mol. The number of carboxylic acids is 1. The van der Waals surface area contributed by atoms with Crippen molar-refractivity contribution in [3.8, 4) is 0 Å². The van der Waals surface area contributed by atoms with Crippen molar-refractivity contribution in [1.82, 2.24) is 10.3 Å². The Hall–Kier alpha value is -1.83. The number of anilines is 1. The SMILES string of the molecule is O=C(O)C(F)(F)F.c1cc(NC2CCNCC2)ccn1. The molecule has 0 spiro atoms. The largest absolute Gasteiger partial charge is 0.490 e. The topological polar surface area (TPSA) is 74.2 Å². The quantitative estimate of drug-likeness (QED) is 0.776. The van der Waals surface area contributed by atoms with Crippen LogP contribution in [0.2, 0.25) is 0 Å². The number of halogens is 3. The minimum Gasteiger partial charge on any atom is -0.475 e. The second-order valence-electron chi connectivity index (χ2n) is 4.21. The summed E-state index contributed by atoms with van der Waals surface area (Å²) in [7, 11) is 0. The molecule has 0 amide bonds. The zero-order valence-corrected chi connectivity index (χ0v) is 10.7. The fourth-order valence-corrected chi connectivity index (χ4v) is 1.65. The van der Waals surface area contributed by atoms with Crippen LogP contribution < -0.4 is 10.6 Å². The zero-order valence-electron chi connectivity index (χ0n) is 10.7. The molecule has 1 fully saturated rings. The van der Waals surface area contributed by atoms with E-state index >= 15 is 0 Å². The van der Waals surface area contributed by atoms with Crippen LogP contribution in [-0.2, 0) is 4.79 Å². The number of nitrogens with zero attached hydrogens (tertiary/aromatic N) is 1. The number of alkyl halides is 3. The Morgan fingerprint density at radius 1 is 1.30 bits per heavy atom. The Labute approximate surface area is 114 Å². The van der Waals surface area contributed by atoms with Gasteiger partial charge in [0.2, 0.25) is 0 Å². The average Bonchev–Trinajstić information content (AvgIpc) is 2.40. The van der Waals surface area contributed by atoms with Crippen molar-refractivity contribution in [2.45, 2.75) is 25.1 Å². The molecular weight excluding hydrogens is 275 g/mol. The minimum atomic E-state index is -5.08. The molecule has 5 nitrogen and oxygen atoms in total. The van der Waals surface area contributed by atoms with Gasteiger partial charge < -0.3 is 15.7 Å². The van der Waals surface area contributed by atoms with Crippen molar-refractivity contribution >= 4 is 11.7 Å². The number of hydrogen-bond acceptors (Lipinski definition) is 4. The number of aliphatic carboxylic acids is 1. The number of hydrogen-bond donors (Lipinski definition) is 3. The van der Waals surface area contributed by atoms with Crippen molar-refractivity contribution < 1.29 is 23.1 Å². The summed E-state index contributed by atoms with van der Waals surface area (Å²) in [6, 6.07) is 4.66. The molecule has 1 aromatic rings. The summed E-state index contributed by atoms with van der Waals surface area (Å²) < 4.78 is 31.7. The molecule has 1 aliphatic heterocycles. The van der Waals surface area contributed by atoms with Gasteiger partial charge in [-0.1, -0.05) is 0 Å². The molecule has 2 heterocycles. The van der Waals surface area contributed by atoms with E-state index in [9.17, 15) is 13.2 Å².